The number of amidine groups is 1. The van der Waals surface area contributed by atoms with Gasteiger partial charge in [0, 0.05) is 14.5 Å². The van der Waals surface area contributed by atoms with Crippen molar-refractivity contribution in [1.29, 1.82) is 0 Å². The molecule has 2 aromatic carbocycles. The molecule has 0 aliphatic heterocycles. The molecule has 3 N–H and O–H groups in total. The Balaban J connectivity index is 2.26. The number of hydrogen-bond acceptors (Lipinski definition) is 3. The summed E-state index contributed by atoms with van der Waals surface area (Å²) in [4.78, 5) is 0. The van der Waals surface area contributed by atoms with Crippen LogP contribution in [0.15, 0.2) is 50.5 Å². The van der Waals surface area contributed by atoms with Crippen molar-refractivity contribution in [3.8, 4) is 5.75 Å². The maximum atomic E-state index is 13.7. The highest BCUT2D eigenvalue weighted by Gasteiger charge is 2.11. The molecule has 0 amide bonds. The highest BCUT2D eigenvalue weighted by Crippen LogP contribution is 2.25. The summed E-state index contributed by atoms with van der Waals surface area (Å²) in [6, 6.07) is 9.67. The average molecular weight is 418 g/mol. The monoisotopic (exact) mass is 416 g/mol. The van der Waals surface area contributed by atoms with Crippen molar-refractivity contribution in [2.24, 2.45) is 10.9 Å². The van der Waals surface area contributed by atoms with Crippen LogP contribution in [0.5, 0.6) is 5.75 Å². The number of oxime groups is 1. The first-order valence-corrected chi connectivity index (χ1v) is 7.44. The van der Waals surface area contributed by atoms with Crippen molar-refractivity contribution in [2.75, 3.05) is 0 Å². The Morgan fingerprint density at radius 2 is 1.86 bits per heavy atom. The second-order valence-corrected chi connectivity index (χ2v) is 5.98. The van der Waals surface area contributed by atoms with Gasteiger partial charge in [0.15, 0.2) is 5.84 Å². The van der Waals surface area contributed by atoms with E-state index in [1.54, 1.807) is 30.3 Å². The van der Waals surface area contributed by atoms with E-state index in [2.05, 4.69) is 37.0 Å². The Hall–Kier alpha value is -1.60. The predicted octanol–water partition coefficient (Wildman–Crippen LogP) is 4.02. The average Bonchev–Trinajstić information content (AvgIpc) is 2.48. The minimum Gasteiger partial charge on any atom is -0.488 e. The molecule has 0 aliphatic carbocycles. The summed E-state index contributed by atoms with van der Waals surface area (Å²) in [6.07, 6.45) is 0. The van der Waals surface area contributed by atoms with E-state index < -0.39 is 0 Å². The lowest BCUT2D eigenvalue weighted by Crippen LogP contribution is -2.15. The van der Waals surface area contributed by atoms with E-state index >= 15 is 0 Å². The van der Waals surface area contributed by atoms with Gasteiger partial charge < -0.3 is 15.7 Å². The molecular weight excluding hydrogens is 407 g/mol. The van der Waals surface area contributed by atoms with Crippen LogP contribution < -0.4 is 10.5 Å². The van der Waals surface area contributed by atoms with Crippen molar-refractivity contribution < 1.29 is 14.3 Å². The van der Waals surface area contributed by atoms with E-state index in [1.165, 1.54) is 6.07 Å². The Morgan fingerprint density at radius 1 is 1.19 bits per heavy atom. The molecule has 0 aromatic heterocycles. The molecule has 0 saturated heterocycles. The fourth-order valence-electron chi connectivity index (χ4n) is 1.69. The summed E-state index contributed by atoms with van der Waals surface area (Å²) in [5.74, 6) is -0.0467. The topological polar surface area (TPSA) is 67.8 Å². The molecule has 7 heteroatoms. The molecule has 4 nitrogen and oxygen atoms in total. The number of halogens is 3. The van der Waals surface area contributed by atoms with E-state index in [9.17, 15) is 4.39 Å². The molecule has 2 rings (SSSR count). The van der Waals surface area contributed by atoms with Gasteiger partial charge >= 0.3 is 0 Å². The molecule has 0 aliphatic rings. The van der Waals surface area contributed by atoms with Gasteiger partial charge in [-0.15, -0.1) is 0 Å². The smallest absolute Gasteiger partial charge is 0.173 e. The zero-order valence-corrected chi connectivity index (χ0v) is 13.9. The number of ether oxygens (including phenoxy) is 1. The zero-order chi connectivity index (χ0) is 15.4. The van der Waals surface area contributed by atoms with Gasteiger partial charge in [-0.05, 0) is 36.4 Å². The van der Waals surface area contributed by atoms with Crippen molar-refractivity contribution >= 4 is 37.7 Å². The van der Waals surface area contributed by atoms with Crippen molar-refractivity contribution in [3.05, 3.63) is 62.3 Å². The standard InChI is InChI=1S/C14H11Br2FN2O2/c15-9-1-3-12(17)8(5-9)7-21-13-4-2-10(16)6-11(13)14(18)19-20/h1-6,20H,7H2,(H2,18,19). The van der Waals surface area contributed by atoms with Crippen LogP contribution >= 0.6 is 31.9 Å². The lowest BCUT2D eigenvalue weighted by atomic mass is 10.2. The lowest BCUT2D eigenvalue weighted by molar-refractivity contribution is 0.297. The summed E-state index contributed by atoms with van der Waals surface area (Å²) in [5.41, 5.74) is 6.42. The van der Waals surface area contributed by atoms with E-state index in [0.29, 0.717) is 16.9 Å². The third-order valence-corrected chi connectivity index (χ3v) is 3.70. The minimum atomic E-state index is -0.361. The lowest BCUT2D eigenvalue weighted by Gasteiger charge is -2.12. The second-order valence-electron chi connectivity index (χ2n) is 4.15. The van der Waals surface area contributed by atoms with Gasteiger partial charge in [-0.3, -0.25) is 0 Å². The van der Waals surface area contributed by atoms with Gasteiger partial charge in [-0.2, -0.15) is 0 Å². The molecule has 0 bridgehead atoms. The Kier molecular flexibility index (Phi) is 5.19. The van der Waals surface area contributed by atoms with E-state index in [0.717, 1.165) is 8.95 Å². The van der Waals surface area contributed by atoms with Crippen molar-refractivity contribution in [3.63, 3.8) is 0 Å². The van der Waals surface area contributed by atoms with E-state index in [-0.39, 0.29) is 18.3 Å². The van der Waals surface area contributed by atoms with Crippen LogP contribution in [0.3, 0.4) is 0 Å². The normalized spacial score (nSPS) is 11.5. The maximum Gasteiger partial charge on any atom is 0.173 e. The molecular formula is C14H11Br2FN2O2. The Bertz CT molecular complexity index is 693. The van der Waals surface area contributed by atoms with Crippen LogP contribution in [-0.2, 0) is 6.61 Å². The first-order valence-electron chi connectivity index (χ1n) is 5.85. The van der Waals surface area contributed by atoms with Gasteiger partial charge in [-0.25, -0.2) is 4.39 Å². The number of nitrogens with zero attached hydrogens (tertiary/aromatic N) is 1. The third kappa shape index (κ3) is 3.95. The fourth-order valence-corrected chi connectivity index (χ4v) is 2.46. The first kappa shape index (κ1) is 15.8. The summed E-state index contributed by atoms with van der Waals surface area (Å²) in [6.45, 7) is 0.0264. The number of benzene rings is 2. The third-order valence-electron chi connectivity index (χ3n) is 2.72. The predicted molar refractivity (Wildman–Crippen MR) is 85.1 cm³/mol. The molecule has 21 heavy (non-hydrogen) atoms. The van der Waals surface area contributed by atoms with Gasteiger partial charge in [0.2, 0.25) is 0 Å². The summed E-state index contributed by atoms with van der Waals surface area (Å²) < 4.78 is 20.8. The summed E-state index contributed by atoms with van der Waals surface area (Å²) in [5, 5.41) is 11.8. The molecule has 0 fully saturated rings. The Labute approximate surface area is 137 Å². The Morgan fingerprint density at radius 3 is 2.57 bits per heavy atom. The van der Waals surface area contributed by atoms with Crippen LogP contribution in [0.25, 0.3) is 0 Å². The van der Waals surface area contributed by atoms with E-state index in [1.807, 2.05) is 0 Å². The molecule has 110 valence electrons. The highest BCUT2D eigenvalue weighted by molar-refractivity contribution is 9.10. The number of nitrogens with two attached hydrogens (primary N) is 1. The number of hydrogen-bond donors (Lipinski definition) is 2. The van der Waals surface area contributed by atoms with Crippen LogP contribution in [0.4, 0.5) is 4.39 Å². The van der Waals surface area contributed by atoms with Crippen LogP contribution in [0.1, 0.15) is 11.1 Å². The number of rotatable bonds is 4. The molecule has 0 spiro atoms. The highest BCUT2D eigenvalue weighted by atomic mass is 79.9. The zero-order valence-electron chi connectivity index (χ0n) is 10.7. The SMILES string of the molecule is N/C(=N/O)c1cc(Br)ccc1OCc1cc(Br)ccc1F. The summed E-state index contributed by atoms with van der Waals surface area (Å²) in [7, 11) is 0. The molecule has 0 atom stereocenters. The molecule has 0 unspecified atom stereocenters. The molecule has 0 saturated carbocycles. The van der Waals surface area contributed by atoms with Crippen LogP contribution in [0, 0.1) is 5.82 Å². The molecule has 0 heterocycles. The van der Waals surface area contributed by atoms with Gasteiger partial charge in [0.1, 0.15) is 18.2 Å². The minimum absolute atomic E-state index is 0.0264. The van der Waals surface area contributed by atoms with Gasteiger partial charge in [-0.1, -0.05) is 37.0 Å². The molecule has 2 aromatic rings. The quantitative estimate of drug-likeness (QED) is 0.341. The summed E-state index contributed by atoms with van der Waals surface area (Å²) >= 11 is 6.58. The largest absolute Gasteiger partial charge is 0.488 e. The van der Waals surface area contributed by atoms with Crippen molar-refractivity contribution in [2.45, 2.75) is 6.61 Å². The van der Waals surface area contributed by atoms with Gasteiger partial charge in [0.05, 0.1) is 5.56 Å². The molecule has 0 radical (unpaired) electrons. The second kappa shape index (κ2) is 6.91. The van der Waals surface area contributed by atoms with E-state index in [4.69, 9.17) is 15.7 Å². The van der Waals surface area contributed by atoms with Crippen LogP contribution in [-0.4, -0.2) is 11.0 Å². The maximum absolute atomic E-state index is 13.7. The van der Waals surface area contributed by atoms with Crippen molar-refractivity contribution in [1.82, 2.24) is 0 Å². The van der Waals surface area contributed by atoms with Crippen LogP contribution in [0.2, 0.25) is 0 Å². The first-order chi connectivity index (χ1) is 10.0. The fraction of sp³-hybridized carbons (Fsp3) is 0.0714. The van der Waals surface area contributed by atoms with Gasteiger partial charge in [0.25, 0.3) is 0 Å².